The molecule has 1 aliphatic heterocycles. The van der Waals surface area contributed by atoms with Crippen molar-refractivity contribution in [1.82, 2.24) is 0 Å². The van der Waals surface area contributed by atoms with Gasteiger partial charge in [0, 0.05) is 26.4 Å². The van der Waals surface area contributed by atoms with E-state index in [9.17, 15) is 9.59 Å². The van der Waals surface area contributed by atoms with Crippen LogP contribution in [0.1, 0.15) is 34.6 Å². The highest BCUT2D eigenvalue weighted by Crippen LogP contribution is 2.38. The van der Waals surface area contributed by atoms with Crippen molar-refractivity contribution in [3.63, 3.8) is 0 Å². The van der Waals surface area contributed by atoms with Crippen molar-refractivity contribution in [1.29, 1.82) is 0 Å². The van der Waals surface area contributed by atoms with Crippen molar-refractivity contribution in [2.24, 2.45) is 5.92 Å². The Balaban J connectivity index is 1.97. The first-order chi connectivity index (χ1) is 15.1. The van der Waals surface area contributed by atoms with Crippen LogP contribution in [-0.2, 0) is 28.2 Å². The summed E-state index contributed by atoms with van der Waals surface area (Å²) in [6.07, 6.45) is -1.64. The summed E-state index contributed by atoms with van der Waals surface area (Å²) in [5, 5.41) is 2.15. The fourth-order valence-corrected chi connectivity index (χ4v) is 8.99. The van der Waals surface area contributed by atoms with Gasteiger partial charge in [-0.1, -0.05) is 81.4 Å². The summed E-state index contributed by atoms with van der Waals surface area (Å²) in [5.41, 5.74) is 0. The maximum absolute atomic E-state index is 11.7. The molecule has 0 aromatic heterocycles. The van der Waals surface area contributed by atoms with Crippen LogP contribution in [0.4, 0.5) is 0 Å². The third-order valence-electron chi connectivity index (χ3n) is 5.72. The van der Waals surface area contributed by atoms with Crippen molar-refractivity contribution in [3.05, 3.63) is 60.7 Å². The van der Waals surface area contributed by atoms with Crippen molar-refractivity contribution >= 4 is 30.6 Å². The molecule has 3 rings (SSSR count). The van der Waals surface area contributed by atoms with Gasteiger partial charge in [-0.3, -0.25) is 9.59 Å². The Morgan fingerprint density at radius 2 is 1.41 bits per heavy atom. The summed E-state index contributed by atoms with van der Waals surface area (Å²) in [6, 6.07) is 20.6. The Morgan fingerprint density at radius 3 is 1.84 bits per heavy atom. The Hall–Kier alpha value is -2.48. The van der Waals surface area contributed by atoms with E-state index in [0.717, 1.165) is 10.4 Å². The van der Waals surface area contributed by atoms with Gasteiger partial charge in [-0.2, -0.15) is 0 Å². The van der Waals surface area contributed by atoms with Gasteiger partial charge in [0.15, 0.2) is 6.10 Å². The highest BCUT2D eigenvalue weighted by Gasteiger charge is 2.52. The molecule has 0 radical (unpaired) electrons. The SMILES string of the molecule is CC(=O)OC1OC[C@H](CO[Si](c2ccccc2)(c2ccccc2)C(C)(C)C)[C@H]1OC(C)=O. The number of esters is 2. The zero-order valence-electron chi connectivity index (χ0n) is 19.4. The summed E-state index contributed by atoms with van der Waals surface area (Å²) >= 11 is 0. The third-order valence-corrected chi connectivity index (χ3v) is 10.7. The van der Waals surface area contributed by atoms with Gasteiger partial charge in [-0.05, 0) is 15.4 Å². The zero-order valence-corrected chi connectivity index (χ0v) is 20.4. The standard InChI is InChI=1S/C25H32O6Si/c1-18(26)30-23-20(16-28-24(23)31-19(2)27)17-29-32(25(3,4)5,21-12-8-6-9-13-21)22-14-10-7-11-15-22/h6-15,20,23-24H,16-17H2,1-5H3/t20-,23-,24?/m1/s1. The minimum absolute atomic E-state index is 0.179. The van der Waals surface area contributed by atoms with E-state index in [0.29, 0.717) is 6.61 Å². The first-order valence-corrected chi connectivity index (χ1v) is 12.8. The highest BCUT2D eigenvalue weighted by molar-refractivity contribution is 6.99. The van der Waals surface area contributed by atoms with Gasteiger partial charge in [0.05, 0.1) is 6.61 Å². The van der Waals surface area contributed by atoms with Gasteiger partial charge in [0.25, 0.3) is 8.32 Å². The molecule has 1 fully saturated rings. The summed E-state index contributed by atoms with van der Waals surface area (Å²) in [6.45, 7) is 9.83. The largest absolute Gasteiger partial charge is 0.455 e. The summed E-state index contributed by atoms with van der Waals surface area (Å²) in [4.78, 5) is 23.2. The lowest BCUT2D eigenvalue weighted by Gasteiger charge is -2.43. The second kappa shape index (κ2) is 9.98. The molecule has 3 atom stereocenters. The van der Waals surface area contributed by atoms with Crippen LogP contribution in [0.15, 0.2) is 60.7 Å². The monoisotopic (exact) mass is 456 g/mol. The number of ether oxygens (including phenoxy) is 3. The minimum Gasteiger partial charge on any atom is -0.455 e. The first kappa shape index (κ1) is 24.2. The second-order valence-electron chi connectivity index (χ2n) is 9.12. The zero-order chi connectivity index (χ0) is 23.4. The number of benzene rings is 2. The van der Waals surface area contributed by atoms with E-state index in [1.54, 1.807) is 0 Å². The van der Waals surface area contributed by atoms with Crippen LogP contribution in [0, 0.1) is 5.92 Å². The molecule has 6 nitrogen and oxygen atoms in total. The molecule has 2 aromatic carbocycles. The molecule has 0 bridgehead atoms. The van der Waals surface area contributed by atoms with E-state index < -0.39 is 32.6 Å². The van der Waals surface area contributed by atoms with E-state index in [1.165, 1.54) is 13.8 Å². The molecule has 0 aliphatic carbocycles. The van der Waals surface area contributed by atoms with E-state index >= 15 is 0 Å². The van der Waals surface area contributed by atoms with Gasteiger partial charge < -0.3 is 18.6 Å². The summed E-state index contributed by atoms with van der Waals surface area (Å²) in [5.74, 6) is -1.20. The molecule has 7 heteroatoms. The number of carbonyl (C=O) groups excluding carboxylic acids is 2. The molecular formula is C25H32O6Si. The van der Waals surface area contributed by atoms with Crippen molar-refractivity contribution in [2.45, 2.75) is 52.1 Å². The van der Waals surface area contributed by atoms with Crippen LogP contribution >= 0.6 is 0 Å². The predicted molar refractivity (Wildman–Crippen MR) is 124 cm³/mol. The van der Waals surface area contributed by atoms with E-state index in [1.807, 2.05) is 36.4 Å². The fourth-order valence-electron chi connectivity index (χ4n) is 4.37. The van der Waals surface area contributed by atoms with Gasteiger partial charge in [-0.25, -0.2) is 0 Å². The van der Waals surface area contributed by atoms with Crippen LogP contribution < -0.4 is 10.4 Å². The van der Waals surface area contributed by atoms with Crippen LogP contribution in [0.2, 0.25) is 5.04 Å². The Bertz CT molecular complexity index is 870. The van der Waals surface area contributed by atoms with E-state index in [-0.39, 0.29) is 17.6 Å². The molecule has 172 valence electrons. The minimum atomic E-state index is -2.74. The Morgan fingerprint density at radius 1 is 0.906 bits per heavy atom. The number of hydrogen-bond acceptors (Lipinski definition) is 6. The quantitative estimate of drug-likeness (QED) is 0.471. The lowest BCUT2D eigenvalue weighted by atomic mass is 10.1. The van der Waals surface area contributed by atoms with Crippen LogP contribution in [0.25, 0.3) is 0 Å². The van der Waals surface area contributed by atoms with Crippen LogP contribution in [0.5, 0.6) is 0 Å². The van der Waals surface area contributed by atoms with Crippen LogP contribution in [-0.4, -0.2) is 45.9 Å². The summed E-state index contributed by atoms with van der Waals surface area (Å²) in [7, 11) is -2.74. The molecule has 0 spiro atoms. The lowest BCUT2D eigenvalue weighted by molar-refractivity contribution is -0.190. The van der Waals surface area contributed by atoms with E-state index in [2.05, 4.69) is 45.0 Å². The van der Waals surface area contributed by atoms with Crippen LogP contribution in [0.3, 0.4) is 0 Å². The molecular weight excluding hydrogens is 424 g/mol. The summed E-state index contributed by atoms with van der Waals surface area (Å²) < 4.78 is 23.3. The maximum atomic E-state index is 11.7. The lowest BCUT2D eigenvalue weighted by Crippen LogP contribution is -2.67. The molecule has 2 aromatic rings. The molecule has 0 amide bonds. The number of carbonyl (C=O) groups is 2. The predicted octanol–water partition coefficient (Wildman–Crippen LogP) is 3.03. The van der Waals surface area contributed by atoms with E-state index in [4.69, 9.17) is 18.6 Å². The molecule has 1 heterocycles. The first-order valence-electron chi connectivity index (χ1n) is 10.9. The van der Waals surface area contributed by atoms with Crippen molar-refractivity contribution < 1.29 is 28.2 Å². The topological polar surface area (TPSA) is 71.1 Å². The average Bonchev–Trinajstić information content (AvgIpc) is 3.09. The molecule has 0 N–H and O–H groups in total. The third kappa shape index (κ3) is 5.11. The Kier molecular flexibility index (Phi) is 7.54. The van der Waals surface area contributed by atoms with Gasteiger partial charge in [0.2, 0.25) is 6.29 Å². The number of hydrogen-bond donors (Lipinski definition) is 0. The molecule has 1 saturated heterocycles. The molecule has 1 unspecified atom stereocenters. The van der Waals surface area contributed by atoms with Gasteiger partial charge in [-0.15, -0.1) is 0 Å². The van der Waals surface area contributed by atoms with Gasteiger partial charge >= 0.3 is 11.9 Å². The van der Waals surface area contributed by atoms with Crippen molar-refractivity contribution in [3.8, 4) is 0 Å². The fraction of sp³-hybridized carbons (Fsp3) is 0.440. The smallest absolute Gasteiger partial charge is 0.305 e. The average molecular weight is 457 g/mol. The second-order valence-corrected chi connectivity index (χ2v) is 13.4. The normalized spacial score (nSPS) is 21.2. The number of rotatable bonds is 7. The van der Waals surface area contributed by atoms with Gasteiger partial charge in [0.1, 0.15) is 0 Å². The Labute approximate surface area is 191 Å². The molecule has 1 aliphatic rings. The maximum Gasteiger partial charge on any atom is 0.305 e. The molecule has 0 saturated carbocycles. The van der Waals surface area contributed by atoms with Crippen molar-refractivity contribution in [2.75, 3.05) is 13.2 Å². The highest BCUT2D eigenvalue weighted by atomic mass is 28.4. The molecule has 32 heavy (non-hydrogen) atoms.